The molecule has 2 N–H and O–H groups in total. The Morgan fingerprint density at radius 1 is 1.62 bits per heavy atom. The summed E-state index contributed by atoms with van der Waals surface area (Å²) in [7, 11) is 2.07. The molecule has 74 valence electrons. The molecule has 0 spiro atoms. The molecule has 0 aromatic carbocycles. The molecule has 0 radical (unpaired) electrons. The zero-order valence-corrected chi connectivity index (χ0v) is 8.36. The first-order valence-electron chi connectivity index (χ1n) is 4.65. The molecule has 13 heavy (non-hydrogen) atoms. The Labute approximate surface area is 79.5 Å². The van der Waals surface area contributed by atoms with E-state index in [4.69, 9.17) is 10.2 Å². The van der Waals surface area contributed by atoms with Gasteiger partial charge in [0.05, 0.1) is 12.8 Å². The molecule has 0 aliphatic rings. The number of hydrogen-bond donors (Lipinski definition) is 1. The standard InChI is InChI=1S/C10H18N2O/c1-9(11)5-6-12(2)8-10-4-3-7-13-10/h3-4,7,9H,5-6,8,11H2,1-2H3. The van der Waals surface area contributed by atoms with E-state index in [0.717, 1.165) is 25.3 Å². The van der Waals surface area contributed by atoms with Crippen LogP contribution in [0.5, 0.6) is 0 Å². The van der Waals surface area contributed by atoms with Gasteiger partial charge in [-0.15, -0.1) is 0 Å². The maximum absolute atomic E-state index is 5.66. The van der Waals surface area contributed by atoms with Crippen molar-refractivity contribution < 1.29 is 4.42 Å². The van der Waals surface area contributed by atoms with Crippen LogP contribution in [-0.2, 0) is 6.54 Å². The van der Waals surface area contributed by atoms with E-state index in [2.05, 4.69) is 11.9 Å². The fourth-order valence-corrected chi connectivity index (χ4v) is 1.17. The SMILES string of the molecule is CC(N)CCN(C)Cc1ccco1. The van der Waals surface area contributed by atoms with Gasteiger partial charge in [0.15, 0.2) is 0 Å². The van der Waals surface area contributed by atoms with Gasteiger partial charge in [0.1, 0.15) is 5.76 Å². The van der Waals surface area contributed by atoms with Crippen molar-refractivity contribution in [2.75, 3.05) is 13.6 Å². The average Bonchev–Trinajstić information content (AvgIpc) is 2.53. The summed E-state index contributed by atoms with van der Waals surface area (Å²) in [6, 6.07) is 4.18. The van der Waals surface area contributed by atoms with Crippen molar-refractivity contribution in [1.29, 1.82) is 0 Å². The highest BCUT2D eigenvalue weighted by Gasteiger charge is 2.03. The summed E-state index contributed by atoms with van der Waals surface area (Å²) < 4.78 is 5.24. The minimum Gasteiger partial charge on any atom is -0.468 e. The van der Waals surface area contributed by atoms with Crippen LogP contribution in [0.1, 0.15) is 19.1 Å². The largest absolute Gasteiger partial charge is 0.468 e. The van der Waals surface area contributed by atoms with Gasteiger partial charge in [-0.1, -0.05) is 0 Å². The van der Waals surface area contributed by atoms with Crippen LogP contribution in [0.2, 0.25) is 0 Å². The van der Waals surface area contributed by atoms with Crippen LogP contribution >= 0.6 is 0 Å². The van der Waals surface area contributed by atoms with Gasteiger partial charge in [0.25, 0.3) is 0 Å². The highest BCUT2D eigenvalue weighted by molar-refractivity contribution is 4.97. The first kappa shape index (κ1) is 10.3. The molecule has 0 aliphatic carbocycles. The smallest absolute Gasteiger partial charge is 0.117 e. The lowest BCUT2D eigenvalue weighted by Crippen LogP contribution is -2.25. The van der Waals surface area contributed by atoms with E-state index in [1.54, 1.807) is 6.26 Å². The molecule has 1 unspecified atom stereocenters. The Balaban J connectivity index is 2.22. The third-order valence-electron chi connectivity index (χ3n) is 1.97. The highest BCUT2D eigenvalue weighted by Crippen LogP contribution is 2.04. The minimum absolute atomic E-state index is 0.277. The molecular weight excluding hydrogens is 164 g/mol. The first-order valence-corrected chi connectivity index (χ1v) is 4.65. The highest BCUT2D eigenvalue weighted by atomic mass is 16.3. The Kier molecular flexibility index (Phi) is 3.99. The second kappa shape index (κ2) is 5.04. The second-order valence-electron chi connectivity index (χ2n) is 3.58. The van der Waals surface area contributed by atoms with Crippen molar-refractivity contribution in [2.24, 2.45) is 5.73 Å². The van der Waals surface area contributed by atoms with Crippen LogP contribution in [0.3, 0.4) is 0 Å². The molecule has 0 aliphatic heterocycles. The van der Waals surface area contributed by atoms with E-state index in [9.17, 15) is 0 Å². The lowest BCUT2D eigenvalue weighted by molar-refractivity contribution is 0.285. The van der Waals surface area contributed by atoms with Gasteiger partial charge in [-0.2, -0.15) is 0 Å². The molecule has 0 saturated heterocycles. The zero-order valence-electron chi connectivity index (χ0n) is 8.36. The Morgan fingerprint density at radius 2 is 2.38 bits per heavy atom. The summed E-state index contributed by atoms with van der Waals surface area (Å²) in [6.07, 6.45) is 2.73. The Bertz CT molecular complexity index is 219. The molecule has 3 nitrogen and oxygen atoms in total. The predicted molar refractivity (Wildman–Crippen MR) is 53.3 cm³/mol. The van der Waals surface area contributed by atoms with Gasteiger partial charge >= 0.3 is 0 Å². The normalized spacial score (nSPS) is 13.5. The molecular formula is C10H18N2O. The number of nitrogens with zero attached hydrogens (tertiary/aromatic N) is 1. The van der Waals surface area contributed by atoms with E-state index < -0.39 is 0 Å². The van der Waals surface area contributed by atoms with E-state index in [-0.39, 0.29) is 6.04 Å². The molecule has 1 aromatic rings. The Morgan fingerprint density at radius 3 is 2.92 bits per heavy atom. The quantitative estimate of drug-likeness (QED) is 0.749. The molecule has 3 heteroatoms. The summed E-state index contributed by atoms with van der Waals surface area (Å²) in [5.41, 5.74) is 5.66. The average molecular weight is 182 g/mol. The van der Waals surface area contributed by atoms with Crippen LogP contribution in [0, 0.1) is 0 Å². The van der Waals surface area contributed by atoms with Crippen molar-refractivity contribution in [3.63, 3.8) is 0 Å². The molecule has 0 amide bonds. The van der Waals surface area contributed by atoms with Gasteiger partial charge in [-0.25, -0.2) is 0 Å². The summed E-state index contributed by atoms with van der Waals surface area (Å²) >= 11 is 0. The molecule has 1 rings (SSSR count). The zero-order chi connectivity index (χ0) is 9.68. The summed E-state index contributed by atoms with van der Waals surface area (Å²) in [5.74, 6) is 1.01. The maximum atomic E-state index is 5.66. The first-order chi connectivity index (χ1) is 6.18. The van der Waals surface area contributed by atoms with Gasteiger partial charge in [0, 0.05) is 6.04 Å². The van der Waals surface area contributed by atoms with Crippen LogP contribution in [0.25, 0.3) is 0 Å². The minimum atomic E-state index is 0.277. The van der Waals surface area contributed by atoms with Crippen molar-refractivity contribution in [3.8, 4) is 0 Å². The topological polar surface area (TPSA) is 42.4 Å². The number of hydrogen-bond acceptors (Lipinski definition) is 3. The van der Waals surface area contributed by atoms with Gasteiger partial charge in [-0.05, 0) is 39.1 Å². The van der Waals surface area contributed by atoms with E-state index >= 15 is 0 Å². The lowest BCUT2D eigenvalue weighted by Gasteiger charge is -2.15. The number of nitrogens with two attached hydrogens (primary N) is 1. The number of rotatable bonds is 5. The fraction of sp³-hybridized carbons (Fsp3) is 0.600. The van der Waals surface area contributed by atoms with Crippen LogP contribution in [0.15, 0.2) is 22.8 Å². The van der Waals surface area contributed by atoms with Crippen molar-refractivity contribution in [1.82, 2.24) is 4.90 Å². The van der Waals surface area contributed by atoms with Crippen molar-refractivity contribution >= 4 is 0 Å². The molecule has 0 fully saturated rings. The van der Waals surface area contributed by atoms with Gasteiger partial charge in [-0.3, -0.25) is 4.90 Å². The predicted octanol–water partition coefficient (Wildman–Crippen LogP) is 1.45. The Hall–Kier alpha value is -0.800. The maximum Gasteiger partial charge on any atom is 0.117 e. The molecule has 1 aromatic heterocycles. The fourth-order valence-electron chi connectivity index (χ4n) is 1.17. The van der Waals surface area contributed by atoms with Crippen molar-refractivity contribution in [2.45, 2.75) is 25.9 Å². The van der Waals surface area contributed by atoms with Crippen LogP contribution in [-0.4, -0.2) is 24.5 Å². The molecule has 0 saturated carbocycles. The monoisotopic (exact) mass is 182 g/mol. The van der Waals surface area contributed by atoms with Gasteiger partial charge in [0.2, 0.25) is 0 Å². The third-order valence-corrected chi connectivity index (χ3v) is 1.97. The van der Waals surface area contributed by atoms with Crippen LogP contribution in [0.4, 0.5) is 0 Å². The lowest BCUT2D eigenvalue weighted by atomic mass is 10.2. The molecule has 0 bridgehead atoms. The molecule has 1 atom stereocenters. The summed E-state index contributed by atoms with van der Waals surface area (Å²) in [6.45, 7) is 3.90. The van der Waals surface area contributed by atoms with E-state index in [1.165, 1.54) is 0 Å². The third kappa shape index (κ3) is 4.10. The number of furan rings is 1. The molecule has 1 heterocycles. The van der Waals surface area contributed by atoms with E-state index in [0.29, 0.717) is 0 Å². The van der Waals surface area contributed by atoms with Gasteiger partial charge < -0.3 is 10.2 Å². The van der Waals surface area contributed by atoms with E-state index in [1.807, 2.05) is 19.1 Å². The summed E-state index contributed by atoms with van der Waals surface area (Å²) in [5, 5.41) is 0. The second-order valence-corrected chi connectivity index (χ2v) is 3.58. The summed E-state index contributed by atoms with van der Waals surface area (Å²) in [4.78, 5) is 2.21. The van der Waals surface area contributed by atoms with Crippen LogP contribution < -0.4 is 5.73 Å². The van der Waals surface area contributed by atoms with Crippen molar-refractivity contribution in [3.05, 3.63) is 24.2 Å².